The van der Waals surface area contributed by atoms with Crippen molar-refractivity contribution in [2.75, 3.05) is 18.7 Å². The van der Waals surface area contributed by atoms with E-state index in [0.717, 1.165) is 0 Å². The summed E-state index contributed by atoms with van der Waals surface area (Å²) in [5.41, 5.74) is 1.24. The molecule has 9 heteroatoms. The highest BCUT2D eigenvalue weighted by Crippen LogP contribution is 2.40. The second-order valence-corrected chi connectivity index (χ2v) is 7.71. The first-order valence-corrected chi connectivity index (χ1v) is 9.88. The van der Waals surface area contributed by atoms with Crippen molar-refractivity contribution in [3.8, 4) is 29.1 Å². The third-order valence-corrected chi connectivity index (χ3v) is 4.16. The predicted octanol–water partition coefficient (Wildman–Crippen LogP) is 3.74. The van der Waals surface area contributed by atoms with Crippen molar-refractivity contribution in [1.29, 1.82) is 5.26 Å². The normalized spacial score (nSPS) is 11.1. The summed E-state index contributed by atoms with van der Waals surface area (Å²) < 4.78 is 21.9. The van der Waals surface area contributed by atoms with Crippen LogP contribution < -0.4 is 14.8 Å². The molecule has 0 amide bonds. The number of hydrogen-bond acceptors (Lipinski definition) is 6. The molecule has 0 unspecified atom stereocenters. The summed E-state index contributed by atoms with van der Waals surface area (Å²) in [5, 5.41) is 22.3. The molecule has 0 spiro atoms. The van der Waals surface area contributed by atoms with Gasteiger partial charge in [0.2, 0.25) is 0 Å². The van der Waals surface area contributed by atoms with Crippen molar-refractivity contribution in [1.82, 2.24) is 0 Å². The monoisotopic (exact) mass is 392 g/mol. The predicted molar refractivity (Wildman–Crippen MR) is 101 cm³/mol. The first-order valence-electron chi connectivity index (χ1n) is 8.08. The maximum Gasteiger partial charge on any atom is 0.362 e. The molecule has 27 heavy (non-hydrogen) atoms. The van der Waals surface area contributed by atoms with Crippen LogP contribution in [0.1, 0.15) is 30.9 Å². The largest absolute Gasteiger partial charge is 0.508 e. The van der Waals surface area contributed by atoms with Crippen molar-refractivity contribution < 1.29 is 28.9 Å². The van der Waals surface area contributed by atoms with Crippen molar-refractivity contribution in [2.24, 2.45) is 0 Å². The number of aromatic hydroxyl groups is 1. The SMILES string of the molecule is CNc1cc(OCP(=O)(O)O)cc(C#N)c1Oc1ccc(O)c(C(C)C)c1. The van der Waals surface area contributed by atoms with Gasteiger partial charge in [-0.1, -0.05) is 13.8 Å². The smallest absolute Gasteiger partial charge is 0.362 e. The van der Waals surface area contributed by atoms with Gasteiger partial charge in [0.15, 0.2) is 12.1 Å². The van der Waals surface area contributed by atoms with E-state index in [1.54, 1.807) is 19.2 Å². The van der Waals surface area contributed by atoms with Gasteiger partial charge < -0.3 is 29.7 Å². The van der Waals surface area contributed by atoms with Crippen molar-refractivity contribution in [3.63, 3.8) is 0 Å². The summed E-state index contributed by atoms with van der Waals surface area (Å²) >= 11 is 0. The van der Waals surface area contributed by atoms with Gasteiger partial charge in [0, 0.05) is 24.7 Å². The Morgan fingerprint density at radius 1 is 1.22 bits per heavy atom. The van der Waals surface area contributed by atoms with Crippen molar-refractivity contribution >= 4 is 13.3 Å². The molecular formula is C18H21N2O6P. The molecule has 2 rings (SSSR count). The van der Waals surface area contributed by atoms with Crippen LogP contribution in [0.5, 0.6) is 23.0 Å². The second kappa shape index (κ2) is 8.31. The lowest BCUT2D eigenvalue weighted by atomic mass is 10.0. The highest BCUT2D eigenvalue weighted by Gasteiger charge is 2.18. The van der Waals surface area contributed by atoms with Crippen LogP contribution in [-0.4, -0.2) is 28.3 Å². The van der Waals surface area contributed by atoms with E-state index < -0.39 is 13.9 Å². The van der Waals surface area contributed by atoms with Crippen LogP contribution in [0.4, 0.5) is 5.69 Å². The maximum atomic E-state index is 11.0. The molecule has 0 aliphatic rings. The summed E-state index contributed by atoms with van der Waals surface area (Å²) in [4.78, 5) is 17.9. The average Bonchev–Trinajstić information content (AvgIpc) is 2.61. The minimum atomic E-state index is -4.35. The Hall–Kier alpha value is -2.72. The summed E-state index contributed by atoms with van der Waals surface area (Å²) in [5.74, 6) is 1.04. The quantitative estimate of drug-likeness (QED) is 0.524. The molecule has 0 heterocycles. The number of nitriles is 1. The van der Waals surface area contributed by atoms with E-state index in [1.807, 2.05) is 19.9 Å². The van der Waals surface area contributed by atoms with Gasteiger partial charge in [-0.2, -0.15) is 5.26 Å². The number of phenols is 1. The lowest BCUT2D eigenvalue weighted by Gasteiger charge is -2.16. The molecule has 0 radical (unpaired) electrons. The number of nitrogens with zero attached hydrogens (tertiary/aromatic N) is 1. The van der Waals surface area contributed by atoms with E-state index in [1.165, 1.54) is 18.2 Å². The fourth-order valence-electron chi connectivity index (χ4n) is 2.40. The molecule has 0 bridgehead atoms. The molecular weight excluding hydrogens is 371 g/mol. The van der Waals surface area contributed by atoms with Crippen molar-refractivity contribution in [2.45, 2.75) is 19.8 Å². The summed E-state index contributed by atoms with van der Waals surface area (Å²) in [6.45, 7) is 3.87. The number of hydrogen-bond donors (Lipinski definition) is 4. The Morgan fingerprint density at radius 2 is 1.93 bits per heavy atom. The molecule has 0 saturated heterocycles. The van der Waals surface area contributed by atoms with Gasteiger partial charge in [-0.25, -0.2) is 0 Å². The van der Waals surface area contributed by atoms with Gasteiger partial charge in [-0.3, -0.25) is 4.57 Å². The minimum Gasteiger partial charge on any atom is -0.508 e. The van der Waals surface area contributed by atoms with Gasteiger partial charge >= 0.3 is 7.60 Å². The molecule has 144 valence electrons. The van der Waals surface area contributed by atoms with Crippen LogP contribution in [-0.2, 0) is 4.57 Å². The number of ether oxygens (including phenoxy) is 2. The van der Waals surface area contributed by atoms with E-state index in [4.69, 9.17) is 19.3 Å². The summed E-state index contributed by atoms with van der Waals surface area (Å²) in [6, 6.07) is 9.61. The van der Waals surface area contributed by atoms with E-state index in [2.05, 4.69) is 5.32 Å². The van der Waals surface area contributed by atoms with Crippen LogP contribution in [0.15, 0.2) is 30.3 Å². The molecule has 0 saturated carbocycles. The Bertz CT molecular complexity index is 917. The number of rotatable bonds is 7. The number of anilines is 1. The van der Waals surface area contributed by atoms with E-state index in [0.29, 0.717) is 17.0 Å². The Morgan fingerprint density at radius 3 is 2.48 bits per heavy atom. The molecule has 0 atom stereocenters. The van der Waals surface area contributed by atoms with Gasteiger partial charge in [-0.05, 0) is 24.1 Å². The summed E-state index contributed by atoms with van der Waals surface area (Å²) in [6.07, 6.45) is -0.795. The summed E-state index contributed by atoms with van der Waals surface area (Å²) in [7, 11) is -2.73. The van der Waals surface area contributed by atoms with Gasteiger partial charge in [-0.15, -0.1) is 0 Å². The molecule has 2 aromatic rings. The van der Waals surface area contributed by atoms with E-state index in [9.17, 15) is 14.9 Å². The fraction of sp³-hybridized carbons (Fsp3) is 0.278. The minimum absolute atomic E-state index is 0.0798. The first kappa shape index (κ1) is 20.6. The van der Waals surface area contributed by atoms with Crippen LogP contribution in [0.2, 0.25) is 0 Å². The lowest BCUT2D eigenvalue weighted by molar-refractivity contribution is 0.300. The molecule has 4 N–H and O–H groups in total. The average molecular weight is 392 g/mol. The zero-order valence-electron chi connectivity index (χ0n) is 15.1. The standard InChI is InChI=1S/C18H21N2O6P/c1-11(2)15-7-13(4-5-17(15)21)26-18-12(9-19)6-14(8-16(18)20-3)25-10-27(22,23)24/h4-8,11,20-21H,10H2,1-3H3,(H2,22,23,24). The molecule has 8 nitrogen and oxygen atoms in total. The molecule has 0 aliphatic heterocycles. The first-order chi connectivity index (χ1) is 12.6. The lowest BCUT2D eigenvalue weighted by Crippen LogP contribution is -2.02. The van der Waals surface area contributed by atoms with Crippen LogP contribution >= 0.6 is 7.60 Å². The van der Waals surface area contributed by atoms with Gasteiger partial charge in [0.1, 0.15) is 28.9 Å². The third-order valence-electron chi connectivity index (χ3n) is 3.69. The molecule has 0 aliphatic carbocycles. The maximum absolute atomic E-state index is 11.0. The highest BCUT2D eigenvalue weighted by molar-refractivity contribution is 7.51. The highest BCUT2D eigenvalue weighted by atomic mass is 31.2. The van der Waals surface area contributed by atoms with E-state index >= 15 is 0 Å². The zero-order valence-corrected chi connectivity index (χ0v) is 16.0. The third kappa shape index (κ3) is 5.38. The Labute approximate surface area is 157 Å². The van der Waals surface area contributed by atoms with E-state index in [-0.39, 0.29) is 28.7 Å². The van der Waals surface area contributed by atoms with Gasteiger partial charge in [0.25, 0.3) is 0 Å². The van der Waals surface area contributed by atoms with Crippen LogP contribution in [0.3, 0.4) is 0 Å². The number of benzene rings is 2. The second-order valence-electron chi connectivity index (χ2n) is 6.12. The molecule has 2 aromatic carbocycles. The van der Waals surface area contributed by atoms with Gasteiger partial charge in [0.05, 0.1) is 5.69 Å². The van der Waals surface area contributed by atoms with Crippen LogP contribution in [0, 0.1) is 11.3 Å². The molecule has 0 fully saturated rings. The topological polar surface area (TPSA) is 132 Å². The molecule has 0 aromatic heterocycles. The van der Waals surface area contributed by atoms with Crippen molar-refractivity contribution in [3.05, 3.63) is 41.5 Å². The van der Waals surface area contributed by atoms with Crippen LogP contribution in [0.25, 0.3) is 0 Å². The number of nitrogens with one attached hydrogen (secondary N) is 1. The Balaban J connectivity index is 2.40. The Kier molecular flexibility index (Phi) is 6.34. The zero-order chi connectivity index (χ0) is 20.2. The number of phenolic OH excluding ortho intramolecular Hbond substituents is 1. The fourth-order valence-corrected chi connectivity index (χ4v) is 2.72.